The summed E-state index contributed by atoms with van der Waals surface area (Å²) >= 11 is 0. The third-order valence-electron chi connectivity index (χ3n) is 4.50. The first-order valence-electron chi connectivity index (χ1n) is 9.11. The largest absolute Gasteiger partial charge is 0.333 e. The first kappa shape index (κ1) is 18.7. The van der Waals surface area contributed by atoms with Gasteiger partial charge in [-0.3, -0.25) is 5.32 Å². The van der Waals surface area contributed by atoms with Crippen molar-refractivity contribution in [2.75, 3.05) is 18.9 Å². The number of benzene rings is 1. The molecule has 142 valence electrons. The number of carbonyl (C=O) groups excluding carboxylic acids is 1. The molecule has 27 heavy (non-hydrogen) atoms. The van der Waals surface area contributed by atoms with Gasteiger partial charge in [0.15, 0.2) is 0 Å². The van der Waals surface area contributed by atoms with Crippen molar-refractivity contribution in [2.45, 2.75) is 33.2 Å². The van der Waals surface area contributed by atoms with Crippen molar-refractivity contribution in [3.05, 3.63) is 60.3 Å². The fourth-order valence-corrected chi connectivity index (χ4v) is 2.74. The zero-order valence-corrected chi connectivity index (χ0v) is 16.3. The topological polar surface area (TPSA) is 68.0 Å². The highest BCUT2D eigenvalue weighted by molar-refractivity contribution is 5.88. The lowest BCUT2D eigenvalue weighted by atomic mass is 10.1. The van der Waals surface area contributed by atoms with Crippen molar-refractivity contribution >= 4 is 11.8 Å². The molecule has 0 fully saturated rings. The van der Waals surface area contributed by atoms with E-state index in [1.165, 1.54) is 0 Å². The standard InChI is InChI=1S/C20H26N6O/c1-15(2)18-14-19(26(23-18)17-8-6-5-7-9-17)22-20(27)24(4)12-13-25-11-10-21-16(25)3/h5-11,14-15H,12-13H2,1-4H3,(H,22,27). The second kappa shape index (κ2) is 8.07. The van der Waals surface area contributed by atoms with E-state index in [1.807, 2.05) is 54.1 Å². The molecule has 3 aromatic rings. The van der Waals surface area contributed by atoms with Gasteiger partial charge in [-0.25, -0.2) is 14.5 Å². The van der Waals surface area contributed by atoms with Crippen LogP contribution in [-0.2, 0) is 6.54 Å². The molecule has 0 aliphatic heterocycles. The maximum Gasteiger partial charge on any atom is 0.322 e. The van der Waals surface area contributed by atoms with Gasteiger partial charge in [0.2, 0.25) is 0 Å². The van der Waals surface area contributed by atoms with E-state index in [1.54, 1.807) is 22.8 Å². The van der Waals surface area contributed by atoms with Crippen LogP contribution in [0, 0.1) is 6.92 Å². The molecular weight excluding hydrogens is 340 g/mol. The molecule has 0 aliphatic carbocycles. The zero-order chi connectivity index (χ0) is 19.4. The monoisotopic (exact) mass is 366 g/mol. The van der Waals surface area contributed by atoms with Crippen LogP contribution in [0.4, 0.5) is 10.6 Å². The van der Waals surface area contributed by atoms with Crippen LogP contribution in [0.2, 0.25) is 0 Å². The smallest absolute Gasteiger partial charge is 0.322 e. The molecule has 0 saturated carbocycles. The number of rotatable bonds is 6. The molecule has 0 aliphatic rings. The summed E-state index contributed by atoms with van der Waals surface area (Å²) in [7, 11) is 1.79. The van der Waals surface area contributed by atoms with E-state index in [0.717, 1.165) is 17.2 Å². The van der Waals surface area contributed by atoms with Gasteiger partial charge in [-0.15, -0.1) is 0 Å². The number of urea groups is 1. The Morgan fingerprint density at radius 1 is 1.26 bits per heavy atom. The molecule has 1 N–H and O–H groups in total. The number of imidazole rings is 1. The Morgan fingerprint density at radius 3 is 2.63 bits per heavy atom. The minimum absolute atomic E-state index is 0.167. The van der Waals surface area contributed by atoms with Gasteiger partial charge in [0, 0.05) is 38.6 Å². The predicted molar refractivity (Wildman–Crippen MR) is 106 cm³/mol. The van der Waals surface area contributed by atoms with Gasteiger partial charge in [0.1, 0.15) is 11.6 Å². The van der Waals surface area contributed by atoms with Crippen LogP contribution >= 0.6 is 0 Å². The summed E-state index contributed by atoms with van der Waals surface area (Å²) in [4.78, 5) is 18.5. The van der Waals surface area contributed by atoms with Gasteiger partial charge in [0.25, 0.3) is 0 Å². The summed E-state index contributed by atoms with van der Waals surface area (Å²) in [5.74, 6) is 1.88. The van der Waals surface area contributed by atoms with Crippen molar-refractivity contribution in [1.29, 1.82) is 0 Å². The number of hydrogen-bond donors (Lipinski definition) is 1. The molecule has 2 amide bonds. The third kappa shape index (κ3) is 4.36. The van der Waals surface area contributed by atoms with E-state index in [4.69, 9.17) is 0 Å². The van der Waals surface area contributed by atoms with Crippen molar-refractivity contribution in [2.24, 2.45) is 0 Å². The van der Waals surface area contributed by atoms with Crippen LogP contribution < -0.4 is 5.32 Å². The number of aryl methyl sites for hydroxylation is 1. The highest BCUT2D eigenvalue weighted by atomic mass is 16.2. The quantitative estimate of drug-likeness (QED) is 0.724. The summed E-state index contributed by atoms with van der Waals surface area (Å²) in [6, 6.07) is 11.6. The van der Waals surface area contributed by atoms with Crippen LogP contribution in [0.3, 0.4) is 0 Å². The van der Waals surface area contributed by atoms with Gasteiger partial charge >= 0.3 is 6.03 Å². The SMILES string of the molecule is Cc1nccn1CCN(C)C(=O)Nc1cc(C(C)C)nn1-c1ccccc1. The van der Waals surface area contributed by atoms with Crippen LogP contribution in [0.15, 0.2) is 48.8 Å². The fraction of sp³-hybridized carbons (Fsp3) is 0.350. The number of hydrogen-bond acceptors (Lipinski definition) is 3. The fourth-order valence-electron chi connectivity index (χ4n) is 2.74. The Hall–Kier alpha value is -3.09. The second-order valence-corrected chi connectivity index (χ2v) is 6.88. The third-order valence-corrected chi connectivity index (χ3v) is 4.50. The molecule has 0 atom stereocenters. The van der Waals surface area contributed by atoms with E-state index < -0.39 is 0 Å². The van der Waals surface area contributed by atoms with Crippen molar-refractivity contribution < 1.29 is 4.79 Å². The molecule has 0 radical (unpaired) electrons. The minimum atomic E-state index is -0.167. The van der Waals surface area contributed by atoms with Crippen LogP contribution in [0.1, 0.15) is 31.3 Å². The molecule has 7 nitrogen and oxygen atoms in total. The van der Waals surface area contributed by atoms with Crippen molar-refractivity contribution in [1.82, 2.24) is 24.2 Å². The second-order valence-electron chi connectivity index (χ2n) is 6.88. The van der Waals surface area contributed by atoms with Crippen molar-refractivity contribution in [3.63, 3.8) is 0 Å². The van der Waals surface area contributed by atoms with Crippen LogP contribution in [0.25, 0.3) is 5.69 Å². The van der Waals surface area contributed by atoms with E-state index in [0.29, 0.717) is 18.9 Å². The van der Waals surface area contributed by atoms with Crippen LogP contribution in [0.5, 0.6) is 0 Å². The number of anilines is 1. The molecular formula is C20H26N6O. The average molecular weight is 366 g/mol. The van der Waals surface area contributed by atoms with Gasteiger partial charge in [-0.05, 0) is 25.0 Å². The average Bonchev–Trinajstić information content (AvgIpc) is 3.26. The summed E-state index contributed by atoms with van der Waals surface area (Å²) in [6.07, 6.45) is 3.68. The Kier molecular flexibility index (Phi) is 5.59. The van der Waals surface area contributed by atoms with E-state index in [2.05, 4.69) is 29.2 Å². The Morgan fingerprint density at radius 2 is 2.00 bits per heavy atom. The Bertz CT molecular complexity index is 896. The van der Waals surface area contributed by atoms with E-state index >= 15 is 0 Å². The first-order valence-corrected chi connectivity index (χ1v) is 9.11. The maximum absolute atomic E-state index is 12.7. The number of amides is 2. The number of para-hydroxylation sites is 1. The summed E-state index contributed by atoms with van der Waals surface area (Å²) in [5.41, 5.74) is 1.85. The van der Waals surface area contributed by atoms with Gasteiger partial charge in [-0.1, -0.05) is 32.0 Å². The number of nitrogens with zero attached hydrogens (tertiary/aromatic N) is 5. The van der Waals surface area contributed by atoms with Gasteiger partial charge in [-0.2, -0.15) is 5.10 Å². The molecule has 0 bridgehead atoms. The minimum Gasteiger partial charge on any atom is -0.333 e. The predicted octanol–water partition coefficient (Wildman–Crippen LogP) is 3.66. The molecule has 0 spiro atoms. The van der Waals surface area contributed by atoms with E-state index in [9.17, 15) is 4.79 Å². The molecule has 1 aromatic carbocycles. The number of aromatic nitrogens is 4. The molecule has 7 heteroatoms. The lowest BCUT2D eigenvalue weighted by Gasteiger charge is -2.19. The Labute approximate surface area is 159 Å². The summed E-state index contributed by atoms with van der Waals surface area (Å²) < 4.78 is 3.80. The number of carbonyl (C=O) groups is 1. The molecule has 2 heterocycles. The molecule has 0 unspecified atom stereocenters. The lowest BCUT2D eigenvalue weighted by Crippen LogP contribution is -2.34. The van der Waals surface area contributed by atoms with Crippen LogP contribution in [-0.4, -0.2) is 43.9 Å². The highest BCUT2D eigenvalue weighted by Crippen LogP contribution is 2.22. The molecule has 0 saturated heterocycles. The summed E-state index contributed by atoms with van der Waals surface area (Å²) in [6.45, 7) is 7.40. The summed E-state index contributed by atoms with van der Waals surface area (Å²) in [5, 5.41) is 7.65. The number of nitrogens with one attached hydrogen (secondary N) is 1. The zero-order valence-electron chi connectivity index (χ0n) is 16.3. The number of likely N-dealkylation sites (N-methyl/N-ethyl adjacent to an activating group) is 1. The maximum atomic E-state index is 12.7. The molecule has 3 rings (SSSR count). The van der Waals surface area contributed by atoms with Crippen molar-refractivity contribution in [3.8, 4) is 5.69 Å². The Balaban J connectivity index is 1.73. The van der Waals surface area contributed by atoms with Gasteiger partial charge < -0.3 is 9.47 Å². The first-order chi connectivity index (χ1) is 13.0. The molecule has 2 aromatic heterocycles. The van der Waals surface area contributed by atoms with E-state index in [-0.39, 0.29) is 11.9 Å². The normalized spacial score (nSPS) is 11.0. The highest BCUT2D eigenvalue weighted by Gasteiger charge is 2.16. The van der Waals surface area contributed by atoms with Gasteiger partial charge in [0.05, 0.1) is 11.4 Å². The lowest BCUT2D eigenvalue weighted by molar-refractivity contribution is 0.220.